The fraction of sp³-hybridized carbons (Fsp3) is 0.190. The number of methoxy groups -OCH3 is 1. The molecule has 0 N–H and O–H groups in total. The second-order valence-corrected chi connectivity index (χ2v) is 5.92. The van der Waals surface area contributed by atoms with Gasteiger partial charge in [-0.2, -0.15) is 9.67 Å². The zero-order valence-electron chi connectivity index (χ0n) is 15.3. The number of aromatic nitrogens is 3. The highest BCUT2D eigenvalue weighted by Gasteiger charge is 2.17. The highest BCUT2D eigenvalue weighted by atomic mass is 16.5. The maximum absolute atomic E-state index is 12.7. The van der Waals surface area contributed by atoms with E-state index in [-0.39, 0.29) is 11.9 Å². The summed E-state index contributed by atoms with van der Waals surface area (Å²) in [5.74, 6) is 0.133. The summed E-state index contributed by atoms with van der Waals surface area (Å²) < 4.78 is 11.7. The quantitative estimate of drug-likeness (QED) is 0.474. The standard InChI is InChI=1S/C21H21N3O3/c1-16-8-11-18(12-9-16)20-22-21(27-15-14-26-2)23-24(20)19(25)13-10-17-6-4-3-5-7-17/h3-13H,14-15H2,1-2H3/b13-10+. The average Bonchev–Trinajstić information content (AvgIpc) is 3.12. The van der Waals surface area contributed by atoms with Crippen LogP contribution in [0.2, 0.25) is 0 Å². The summed E-state index contributed by atoms with van der Waals surface area (Å²) in [5.41, 5.74) is 2.84. The number of ether oxygens (including phenoxy) is 2. The topological polar surface area (TPSA) is 66.2 Å². The zero-order valence-corrected chi connectivity index (χ0v) is 15.3. The predicted molar refractivity (Wildman–Crippen MR) is 104 cm³/mol. The van der Waals surface area contributed by atoms with E-state index in [2.05, 4.69) is 10.1 Å². The number of carbonyl (C=O) groups excluding carboxylic acids is 1. The molecule has 0 spiro atoms. The van der Waals surface area contributed by atoms with Crippen molar-refractivity contribution in [3.05, 3.63) is 71.8 Å². The van der Waals surface area contributed by atoms with Gasteiger partial charge in [-0.1, -0.05) is 60.2 Å². The smallest absolute Gasteiger partial charge is 0.336 e. The zero-order chi connectivity index (χ0) is 19.1. The van der Waals surface area contributed by atoms with Gasteiger partial charge in [-0.25, -0.2) is 0 Å². The van der Waals surface area contributed by atoms with E-state index in [0.29, 0.717) is 19.0 Å². The largest absolute Gasteiger partial charge is 0.460 e. The molecule has 0 radical (unpaired) electrons. The SMILES string of the molecule is COCCOc1nc(-c2ccc(C)cc2)n(C(=O)/C=C/c2ccccc2)n1. The van der Waals surface area contributed by atoms with E-state index in [1.807, 2.05) is 61.5 Å². The Morgan fingerprint density at radius 3 is 2.52 bits per heavy atom. The number of hydrogen-bond donors (Lipinski definition) is 0. The van der Waals surface area contributed by atoms with E-state index in [4.69, 9.17) is 9.47 Å². The molecule has 3 aromatic rings. The lowest BCUT2D eigenvalue weighted by atomic mass is 10.1. The van der Waals surface area contributed by atoms with Crippen LogP contribution in [0.4, 0.5) is 0 Å². The van der Waals surface area contributed by atoms with Crippen molar-refractivity contribution < 1.29 is 14.3 Å². The summed E-state index contributed by atoms with van der Waals surface area (Å²) in [6.45, 7) is 2.72. The Labute approximate surface area is 158 Å². The van der Waals surface area contributed by atoms with Gasteiger partial charge in [0.05, 0.1) is 6.61 Å². The van der Waals surface area contributed by atoms with Gasteiger partial charge in [-0.3, -0.25) is 4.79 Å². The minimum Gasteiger partial charge on any atom is -0.460 e. The Balaban J connectivity index is 1.90. The van der Waals surface area contributed by atoms with Crippen molar-refractivity contribution in [3.8, 4) is 17.4 Å². The highest BCUT2D eigenvalue weighted by Crippen LogP contribution is 2.21. The van der Waals surface area contributed by atoms with Crippen LogP contribution >= 0.6 is 0 Å². The molecule has 0 amide bonds. The molecule has 0 saturated carbocycles. The molecule has 0 atom stereocenters. The summed E-state index contributed by atoms with van der Waals surface area (Å²) in [4.78, 5) is 17.1. The van der Waals surface area contributed by atoms with Gasteiger partial charge >= 0.3 is 6.01 Å². The second-order valence-electron chi connectivity index (χ2n) is 5.92. The van der Waals surface area contributed by atoms with Crippen LogP contribution in [-0.4, -0.2) is 41.0 Å². The molecule has 138 valence electrons. The Morgan fingerprint density at radius 1 is 1.07 bits per heavy atom. The Bertz CT molecular complexity index is 916. The first-order chi connectivity index (χ1) is 13.2. The molecule has 0 aliphatic rings. The Morgan fingerprint density at radius 2 is 1.81 bits per heavy atom. The maximum Gasteiger partial charge on any atom is 0.336 e. The summed E-state index contributed by atoms with van der Waals surface area (Å²) in [6.07, 6.45) is 3.22. The van der Waals surface area contributed by atoms with E-state index in [0.717, 1.165) is 16.7 Å². The minimum absolute atomic E-state index is 0.143. The monoisotopic (exact) mass is 363 g/mol. The fourth-order valence-electron chi connectivity index (χ4n) is 2.42. The number of benzene rings is 2. The third-order valence-corrected chi connectivity index (χ3v) is 3.84. The molecule has 27 heavy (non-hydrogen) atoms. The first-order valence-corrected chi connectivity index (χ1v) is 8.60. The molecule has 2 aromatic carbocycles. The van der Waals surface area contributed by atoms with Crippen molar-refractivity contribution in [3.63, 3.8) is 0 Å². The second kappa shape index (κ2) is 8.91. The highest BCUT2D eigenvalue weighted by molar-refractivity contribution is 5.95. The molecule has 3 rings (SSSR count). The van der Waals surface area contributed by atoms with E-state index in [9.17, 15) is 4.79 Å². The van der Waals surface area contributed by atoms with Crippen molar-refractivity contribution in [2.45, 2.75) is 6.92 Å². The van der Waals surface area contributed by atoms with Crippen LogP contribution in [0.1, 0.15) is 15.9 Å². The molecule has 0 aliphatic carbocycles. The van der Waals surface area contributed by atoms with Crippen molar-refractivity contribution in [2.75, 3.05) is 20.3 Å². The van der Waals surface area contributed by atoms with Crippen molar-refractivity contribution in [1.82, 2.24) is 14.8 Å². The van der Waals surface area contributed by atoms with Gasteiger partial charge in [0.1, 0.15) is 6.61 Å². The molecular formula is C21H21N3O3. The molecule has 1 heterocycles. The molecule has 0 saturated heterocycles. The normalized spacial score (nSPS) is 11.0. The molecule has 0 bridgehead atoms. The van der Waals surface area contributed by atoms with Crippen LogP contribution in [0.3, 0.4) is 0 Å². The summed E-state index contributed by atoms with van der Waals surface area (Å²) in [6, 6.07) is 17.5. The maximum atomic E-state index is 12.7. The van der Waals surface area contributed by atoms with Gasteiger partial charge in [0.15, 0.2) is 5.82 Å². The third-order valence-electron chi connectivity index (χ3n) is 3.84. The molecular weight excluding hydrogens is 342 g/mol. The summed E-state index contributed by atoms with van der Waals surface area (Å²) >= 11 is 0. The molecule has 0 aliphatic heterocycles. The van der Waals surface area contributed by atoms with E-state index in [1.165, 1.54) is 10.8 Å². The average molecular weight is 363 g/mol. The number of carbonyl (C=O) groups is 1. The van der Waals surface area contributed by atoms with Gasteiger partial charge in [-0.15, -0.1) is 5.10 Å². The third kappa shape index (κ3) is 4.89. The lowest BCUT2D eigenvalue weighted by Crippen LogP contribution is -2.11. The molecule has 0 fully saturated rings. The van der Waals surface area contributed by atoms with E-state index >= 15 is 0 Å². The van der Waals surface area contributed by atoms with Crippen molar-refractivity contribution >= 4 is 12.0 Å². The number of hydrogen-bond acceptors (Lipinski definition) is 5. The van der Waals surface area contributed by atoms with Crippen LogP contribution in [0.25, 0.3) is 17.5 Å². The lowest BCUT2D eigenvalue weighted by molar-refractivity contribution is 0.0953. The summed E-state index contributed by atoms with van der Waals surface area (Å²) in [5, 5.41) is 4.22. The number of rotatable bonds is 7. The van der Waals surface area contributed by atoms with Gasteiger partial charge in [0, 0.05) is 18.7 Å². The minimum atomic E-state index is -0.302. The lowest BCUT2D eigenvalue weighted by Gasteiger charge is -2.02. The van der Waals surface area contributed by atoms with Gasteiger partial charge in [-0.05, 0) is 18.6 Å². The van der Waals surface area contributed by atoms with Crippen molar-refractivity contribution in [1.29, 1.82) is 0 Å². The fourth-order valence-corrected chi connectivity index (χ4v) is 2.42. The van der Waals surface area contributed by atoms with Gasteiger partial charge in [0.25, 0.3) is 5.91 Å². The van der Waals surface area contributed by atoms with Gasteiger partial charge < -0.3 is 9.47 Å². The van der Waals surface area contributed by atoms with Crippen molar-refractivity contribution in [2.24, 2.45) is 0 Å². The van der Waals surface area contributed by atoms with Crippen LogP contribution in [0.5, 0.6) is 6.01 Å². The molecule has 0 unspecified atom stereocenters. The van der Waals surface area contributed by atoms with Gasteiger partial charge in [0.2, 0.25) is 0 Å². The predicted octanol–water partition coefficient (Wildman–Crippen LogP) is 3.63. The molecule has 6 heteroatoms. The first kappa shape index (κ1) is 18.5. The molecule has 6 nitrogen and oxygen atoms in total. The first-order valence-electron chi connectivity index (χ1n) is 8.60. The van der Waals surface area contributed by atoms with Crippen LogP contribution in [-0.2, 0) is 4.74 Å². The molecule has 1 aromatic heterocycles. The number of aryl methyl sites for hydroxylation is 1. The Hall–Kier alpha value is -3.25. The Kier molecular flexibility index (Phi) is 6.12. The van der Waals surface area contributed by atoms with Crippen LogP contribution in [0, 0.1) is 6.92 Å². The van der Waals surface area contributed by atoms with Crippen LogP contribution < -0.4 is 4.74 Å². The number of allylic oxidation sites excluding steroid dienone is 1. The van der Waals surface area contributed by atoms with Crippen LogP contribution in [0.15, 0.2) is 60.7 Å². The van der Waals surface area contributed by atoms with E-state index < -0.39 is 0 Å². The van der Waals surface area contributed by atoms with E-state index in [1.54, 1.807) is 13.2 Å². The number of nitrogens with zero attached hydrogens (tertiary/aromatic N) is 3. The summed E-state index contributed by atoms with van der Waals surface area (Å²) in [7, 11) is 1.59.